The highest BCUT2D eigenvalue weighted by atomic mass is 32.1. The normalized spacial score (nSPS) is 12.3. The number of benzene rings is 2. The fourth-order valence-electron chi connectivity index (χ4n) is 2.78. The molecule has 0 bridgehead atoms. The minimum atomic E-state index is -0.165. The lowest BCUT2D eigenvalue weighted by Crippen LogP contribution is -2.20. The van der Waals surface area contributed by atoms with Crippen molar-refractivity contribution in [3.63, 3.8) is 0 Å². The number of nitrogens with one attached hydrogen (secondary N) is 1. The van der Waals surface area contributed by atoms with E-state index in [0.717, 1.165) is 33.3 Å². The highest BCUT2D eigenvalue weighted by Gasteiger charge is 2.13. The van der Waals surface area contributed by atoms with E-state index in [-0.39, 0.29) is 12.7 Å². The van der Waals surface area contributed by atoms with E-state index in [2.05, 4.69) is 10.3 Å². The van der Waals surface area contributed by atoms with Crippen molar-refractivity contribution in [2.75, 3.05) is 6.79 Å². The van der Waals surface area contributed by atoms with Gasteiger partial charge in [-0.2, -0.15) is 0 Å². The van der Waals surface area contributed by atoms with E-state index in [4.69, 9.17) is 14.2 Å². The van der Waals surface area contributed by atoms with Gasteiger partial charge in [-0.3, -0.25) is 4.79 Å². The van der Waals surface area contributed by atoms with Crippen molar-refractivity contribution >= 4 is 23.3 Å². The predicted octanol–water partition coefficient (Wildman–Crippen LogP) is 4.09. The van der Waals surface area contributed by atoms with Gasteiger partial charge in [-0.1, -0.05) is 18.2 Å². The van der Waals surface area contributed by atoms with E-state index in [1.165, 1.54) is 6.08 Å². The Morgan fingerprint density at radius 2 is 2.03 bits per heavy atom. The summed E-state index contributed by atoms with van der Waals surface area (Å²) in [6.07, 6.45) is 3.28. The second kappa shape index (κ2) is 8.79. The minimum Gasteiger partial charge on any atom is -0.487 e. The maximum atomic E-state index is 12.1. The summed E-state index contributed by atoms with van der Waals surface area (Å²) in [6, 6.07) is 13.2. The molecule has 2 heterocycles. The number of aryl methyl sites for hydroxylation is 1. The molecular weight excluding hydrogens is 388 g/mol. The molecule has 0 aliphatic carbocycles. The smallest absolute Gasteiger partial charge is 0.244 e. The van der Waals surface area contributed by atoms with Crippen LogP contribution in [0.2, 0.25) is 0 Å². The molecule has 0 atom stereocenters. The number of hydrogen-bond acceptors (Lipinski definition) is 6. The fourth-order valence-corrected chi connectivity index (χ4v) is 3.38. The number of fused-ring (bicyclic) bond motifs is 1. The van der Waals surface area contributed by atoms with Crippen LogP contribution < -0.4 is 19.5 Å². The topological polar surface area (TPSA) is 69.7 Å². The number of carbonyl (C=O) groups excluding carboxylic acids is 1. The van der Waals surface area contributed by atoms with Crippen molar-refractivity contribution in [3.05, 3.63) is 75.7 Å². The van der Waals surface area contributed by atoms with Crippen molar-refractivity contribution in [2.45, 2.75) is 20.1 Å². The van der Waals surface area contributed by atoms with Crippen LogP contribution in [0, 0.1) is 6.92 Å². The lowest BCUT2D eigenvalue weighted by Gasteiger charge is -2.05. The van der Waals surface area contributed by atoms with Crippen LogP contribution >= 0.6 is 11.3 Å². The summed E-state index contributed by atoms with van der Waals surface area (Å²) in [4.78, 5) is 16.4. The molecule has 1 aliphatic rings. The van der Waals surface area contributed by atoms with Crippen molar-refractivity contribution in [1.82, 2.24) is 10.3 Å². The van der Waals surface area contributed by atoms with Gasteiger partial charge in [0.05, 0.1) is 10.7 Å². The Morgan fingerprint density at radius 1 is 1.21 bits per heavy atom. The zero-order chi connectivity index (χ0) is 20.1. The second-order valence-corrected chi connectivity index (χ2v) is 7.52. The van der Waals surface area contributed by atoms with Crippen molar-refractivity contribution in [1.29, 1.82) is 0 Å². The van der Waals surface area contributed by atoms with E-state index < -0.39 is 0 Å². The van der Waals surface area contributed by atoms with Gasteiger partial charge in [0.25, 0.3) is 0 Å². The summed E-state index contributed by atoms with van der Waals surface area (Å²) >= 11 is 1.61. The van der Waals surface area contributed by atoms with Gasteiger partial charge >= 0.3 is 0 Å². The first-order valence-electron chi connectivity index (χ1n) is 9.14. The molecule has 4 rings (SSSR count). The Morgan fingerprint density at radius 3 is 2.83 bits per heavy atom. The first-order valence-corrected chi connectivity index (χ1v) is 10.0. The number of carbonyl (C=O) groups is 1. The van der Waals surface area contributed by atoms with Crippen LogP contribution in [0.25, 0.3) is 6.08 Å². The maximum absolute atomic E-state index is 12.1. The molecule has 1 aliphatic heterocycles. The van der Waals surface area contributed by atoms with Crippen LogP contribution in [0.15, 0.2) is 53.9 Å². The molecule has 0 radical (unpaired) electrons. The van der Waals surface area contributed by atoms with E-state index in [0.29, 0.717) is 18.9 Å². The molecule has 0 spiro atoms. The molecule has 2 aromatic carbocycles. The summed E-state index contributed by atoms with van der Waals surface area (Å²) in [5.41, 5.74) is 2.79. The summed E-state index contributed by atoms with van der Waals surface area (Å²) < 4.78 is 16.4. The summed E-state index contributed by atoms with van der Waals surface area (Å²) in [5.74, 6) is 2.04. The Hall–Kier alpha value is -3.32. The highest BCUT2D eigenvalue weighted by molar-refractivity contribution is 7.09. The van der Waals surface area contributed by atoms with Crippen LogP contribution in [0.3, 0.4) is 0 Å². The van der Waals surface area contributed by atoms with Gasteiger partial charge in [-0.05, 0) is 48.4 Å². The lowest BCUT2D eigenvalue weighted by atomic mass is 10.2. The molecule has 0 unspecified atom stereocenters. The van der Waals surface area contributed by atoms with E-state index >= 15 is 0 Å². The quantitative estimate of drug-likeness (QED) is 0.597. The summed E-state index contributed by atoms with van der Waals surface area (Å²) in [6.45, 7) is 3.08. The van der Waals surface area contributed by atoms with Crippen molar-refractivity contribution < 1.29 is 19.0 Å². The molecule has 0 saturated carbocycles. The van der Waals surface area contributed by atoms with Crippen LogP contribution in [0.4, 0.5) is 0 Å². The number of nitrogens with zero attached hydrogens (tertiary/aromatic N) is 1. The highest BCUT2D eigenvalue weighted by Crippen LogP contribution is 2.32. The van der Waals surface area contributed by atoms with Crippen LogP contribution in [-0.2, 0) is 17.9 Å². The Balaban J connectivity index is 1.25. The van der Waals surface area contributed by atoms with Crippen LogP contribution in [0.1, 0.15) is 21.8 Å². The first kappa shape index (κ1) is 19.0. The fraction of sp³-hybridized carbons (Fsp3) is 0.182. The van der Waals surface area contributed by atoms with Crippen molar-refractivity contribution in [2.24, 2.45) is 0 Å². The molecule has 1 N–H and O–H groups in total. The zero-order valence-electron chi connectivity index (χ0n) is 15.9. The second-order valence-electron chi connectivity index (χ2n) is 6.45. The standard InChI is InChI=1S/C22H20N2O4S/c1-15-24-18(13-29-15)12-26-19-6-2-16(3-7-19)5-9-22(25)23-11-17-4-8-20-21(10-17)28-14-27-20/h2-10,13H,11-12,14H2,1H3,(H,23,25)/b9-5+. The molecule has 148 valence electrons. The van der Waals surface area contributed by atoms with Crippen molar-refractivity contribution in [3.8, 4) is 17.2 Å². The molecule has 0 fully saturated rings. The molecule has 1 aromatic heterocycles. The van der Waals surface area contributed by atoms with Gasteiger partial charge in [0, 0.05) is 18.0 Å². The van der Waals surface area contributed by atoms with Gasteiger partial charge in [-0.15, -0.1) is 11.3 Å². The van der Waals surface area contributed by atoms with Crippen LogP contribution in [-0.4, -0.2) is 17.7 Å². The number of amides is 1. The third-order valence-corrected chi connectivity index (χ3v) is 5.09. The number of thiazole rings is 1. The van der Waals surface area contributed by atoms with Gasteiger partial charge in [0.1, 0.15) is 12.4 Å². The zero-order valence-corrected chi connectivity index (χ0v) is 16.7. The predicted molar refractivity (Wildman–Crippen MR) is 111 cm³/mol. The molecule has 3 aromatic rings. The van der Waals surface area contributed by atoms with Gasteiger partial charge in [0.15, 0.2) is 11.5 Å². The Bertz CT molecular complexity index is 1030. The minimum absolute atomic E-state index is 0.165. The number of rotatable bonds is 7. The summed E-state index contributed by atoms with van der Waals surface area (Å²) in [7, 11) is 0. The van der Waals surface area contributed by atoms with E-state index in [9.17, 15) is 4.79 Å². The molecule has 29 heavy (non-hydrogen) atoms. The first-order chi connectivity index (χ1) is 14.2. The van der Waals surface area contributed by atoms with Gasteiger partial charge < -0.3 is 19.5 Å². The molecule has 7 heteroatoms. The third kappa shape index (κ3) is 5.14. The van der Waals surface area contributed by atoms with E-state index in [1.54, 1.807) is 17.4 Å². The third-order valence-electron chi connectivity index (χ3n) is 4.26. The Kier molecular flexibility index (Phi) is 5.76. The monoisotopic (exact) mass is 408 g/mol. The van der Waals surface area contributed by atoms with Crippen LogP contribution in [0.5, 0.6) is 17.2 Å². The van der Waals surface area contributed by atoms with Gasteiger partial charge in [-0.25, -0.2) is 4.98 Å². The summed E-state index contributed by atoms with van der Waals surface area (Å²) in [5, 5.41) is 5.88. The van der Waals surface area contributed by atoms with Gasteiger partial charge in [0.2, 0.25) is 12.7 Å². The average molecular weight is 408 g/mol. The largest absolute Gasteiger partial charge is 0.487 e. The lowest BCUT2D eigenvalue weighted by molar-refractivity contribution is -0.116. The molecule has 0 saturated heterocycles. The average Bonchev–Trinajstić information content (AvgIpc) is 3.38. The Labute approximate surface area is 172 Å². The van der Waals surface area contributed by atoms with E-state index in [1.807, 2.05) is 54.8 Å². The SMILES string of the molecule is Cc1nc(COc2ccc(/C=C/C(=O)NCc3ccc4c(c3)OCO4)cc2)cs1. The number of ether oxygens (including phenoxy) is 3. The molecule has 1 amide bonds. The number of hydrogen-bond donors (Lipinski definition) is 1. The number of aromatic nitrogens is 1. The maximum Gasteiger partial charge on any atom is 0.244 e. The molecular formula is C22H20N2O4S. The molecule has 6 nitrogen and oxygen atoms in total.